The Labute approximate surface area is 243 Å². The molecule has 0 bridgehead atoms. The van der Waals surface area contributed by atoms with Gasteiger partial charge in [0, 0.05) is 31.1 Å². The molecule has 1 heterocycles. The van der Waals surface area contributed by atoms with Crippen LogP contribution in [0.4, 0.5) is 4.79 Å². The number of benzene rings is 3. The van der Waals surface area contributed by atoms with Gasteiger partial charge < -0.3 is 29.5 Å². The summed E-state index contributed by atoms with van der Waals surface area (Å²) in [6.07, 6.45) is 2.14. The summed E-state index contributed by atoms with van der Waals surface area (Å²) >= 11 is 0. The van der Waals surface area contributed by atoms with E-state index in [0.717, 1.165) is 46.5 Å². The number of hydrogen-bond acceptors (Lipinski definition) is 6. The quantitative estimate of drug-likeness (QED) is 0.260. The molecule has 7 heteroatoms. The first-order valence-electron chi connectivity index (χ1n) is 13.9. The van der Waals surface area contributed by atoms with Crippen LogP contribution >= 0.6 is 0 Å². The number of nitrogens with one attached hydrogen (secondary N) is 1. The van der Waals surface area contributed by atoms with Crippen molar-refractivity contribution in [2.45, 2.75) is 38.6 Å². The molecule has 0 aromatic heterocycles. The molecule has 0 spiro atoms. The Hall–Kier alpha value is -3.75. The van der Waals surface area contributed by atoms with E-state index in [1.54, 1.807) is 0 Å². The molecule has 1 aliphatic rings. The third-order valence-electron chi connectivity index (χ3n) is 7.24. The normalized spacial score (nSPS) is 20.4. The Balaban J connectivity index is 1.57. The SMILES string of the molecule is C=CCOC(=O)NCc1cccc(-c2cccc(C3OC(CN(C)CC=C)C(C)C(c4ccc(CO)cc4)O3)c2)c1. The summed E-state index contributed by atoms with van der Waals surface area (Å²) < 4.78 is 18.2. The maximum Gasteiger partial charge on any atom is 0.407 e. The van der Waals surface area contributed by atoms with Gasteiger partial charge in [-0.2, -0.15) is 0 Å². The molecule has 3 aromatic carbocycles. The van der Waals surface area contributed by atoms with Crippen LogP contribution in [0.25, 0.3) is 11.1 Å². The van der Waals surface area contributed by atoms with E-state index in [2.05, 4.69) is 55.5 Å². The zero-order valence-electron chi connectivity index (χ0n) is 23.9. The molecule has 216 valence electrons. The molecule has 1 saturated heterocycles. The Bertz CT molecular complexity index is 1310. The zero-order chi connectivity index (χ0) is 29.2. The van der Waals surface area contributed by atoms with Crippen molar-refractivity contribution in [3.8, 4) is 11.1 Å². The van der Waals surface area contributed by atoms with E-state index in [1.807, 2.05) is 60.7 Å². The molecule has 4 rings (SSSR count). The highest BCUT2D eigenvalue weighted by atomic mass is 16.7. The highest BCUT2D eigenvalue weighted by Crippen LogP contribution is 2.42. The number of carbonyl (C=O) groups excluding carboxylic acids is 1. The summed E-state index contributed by atoms with van der Waals surface area (Å²) in [4.78, 5) is 14.0. The molecule has 4 unspecified atom stereocenters. The van der Waals surface area contributed by atoms with Crippen molar-refractivity contribution in [2.75, 3.05) is 26.7 Å². The molecule has 7 nitrogen and oxygen atoms in total. The molecule has 2 N–H and O–H groups in total. The van der Waals surface area contributed by atoms with Crippen LogP contribution < -0.4 is 5.32 Å². The summed E-state index contributed by atoms with van der Waals surface area (Å²) in [5.74, 6) is 0.101. The number of likely N-dealkylation sites (N-methyl/N-ethyl adjacent to an activating group) is 1. The van der Waals surface area contributed by atoms with Crippen molar-refractivity contribution in [2.24, 2.45) is 5.92 Å². The first-order valence-corrected chi connectivity index (χ1v) is 13.9. The first-order chi connectivity index (χ1) is 19.9. The number of alkyl carbamates (subject to hydrolysis) is 1. The standard InChI is InChI=1S/C34H40N2O5/c1-5-17-36(4)22-31-24(3)32(27-15-13-25(23-37)14-16-27)41-33(40-31)30-12-8-11-29(20-30)28-10-7-9-26(19-28)21-35-34(38)39-18-6-2/h5-16,19-20,24,31-33,37H,1-2,17-18,21-23H2,3-4H3,(H,35,38). The zero-order valence-corrected chi connectivity index (χ0v) is 23.9. The van der Waals surface area contributed by atoms with Gasteiger partial charge in [-0.1, -0.05) is 86.3 Å². The topological polar surface area (TPSA) is 80.3 Å². The smallest absolute Gasteiger partial charge is 0.407 e. The van der Waals surface area contributed by atoms with Crippen molar-refractivity contribution in [3.05, 3.63) is 120 Å². The largest absolute Gasteiger partial charge is 0.445 e. The van der Waals surface area contributed by atoms with Gasteiger partial charge in [-0.25, -0.2) is 4.79 Å². The number of rotatable bonds is 12. The summed E-state index contributed by atoms with van der Waals surface area (Å²) in [5, 5.41) is 12.3. The van der Waals surface area contributed by atoms with Crippen LogP contribution in [0.15, 0.2) is 98.1 Å². The third-order valence-corrected chi connectivity index (χ3v) is 7.24. The second-order valence-corrected chi connectivity index (χ2v) is 10.4. The number of aliphatic hydroxyl groups is 1. The molecule has 1 fully saturated rings. The monoisotopic (exact) mass is 556 g/mol. The van der Waals surface area contributed by atoms with E-state index in [9.17, 15) is 9.90 Å². The lowest BCUT2D eigenvalue weighted by molar-refractivity contribution is -0.275. The van der Waals surface area contributed by atoms with Gasteiger partial charge in [0.25, 0.3) is 0 Å². The second-order valence-electron chi connectivity index (χ2n) is 10.4. The van der Waals surface area contributed by atoms with E-state index in [0.29, 0.717) is 6.54 Å². The van der Waals surface area contributed by atoms with Crippen molar-refractivity contribution < 1.29 is 24.1 Å². The molecule has 3 aromatic rings. The van der Waals surface area contributed by atoms with Gasteiger partial charge in [0.05, 0.1) is 18.8 Å². The lowest BCUT2D eigenvalue weighted by atomic mass is 9.90. The average molecular weight is 557 g/mol. The van der Waals surface area contributed by atoms with Crippen molar-refractivity contribution in [1.82, 2.24) is 10.2 Å². The van der Waals surface area contributed by atoms with Gasteiger partial charge in [-0.15, -0.1) is 6.58 Å². The molecule has 41 heavy (non-hydrogen) atoms. The molecular weight excluding hydrogens is 516 g/mol. The molecule has 4 atom stereocenters. The minimum Gasteiger partial charge on any atom is -0.445 e. The van der Waals surface area contributed by atoms with Crippen LogP contribution in [0, 0.1) is 5.92 Å². The average Bonchev–Trinajstić information content (AvgIpc) is 3.00. The van der Waals surface area contributed by atoms with Gasteiger partial charge in [0.2, 0.25) is 0 Å². The van der Waals surface area contributed by atoms with Gasteiger partial charge in [0.15, 0.2) is 6.29 Å². The number of carbonyl (C=O) groups is 1. The number of hydrogen-bond donors (Lipinski definition) is 2. The maximum atomic E-state index is 11.8. The first kappa shape index (κ1) is 30.2. The summed E-state index contributed by atoms with van der Waals surface area (Å²) in [7, 11) is 2.06. The lowest BCUT2D eigenvalue weighted by Crippen LogP contribution is -2.43. The van der Waals surface area contributed by atoms with Gasteiger partial charge in [-0.05, 0) is 47.0 Å². The van der Waals surface area contributed by atoms with Crippen LogP contribution in [0.1, 0.15) is 41.6 Å². The Morgan fingerprint density at radius 2 is 1.71 bits per heavy atom. The lowest BCUT2D eigenvalue weighted by Gasteiger charge is -2.42. The third kappa shape index (κ3) is 8.15. The Morgan fingerprint density at radius 1 is 0.976 bits per heavy atom. The van der Waals surface area contributed by atoms with Crippen molar-refractivity contribution >= 4 is 6.09 Å². The van der Waals surface area contributed by atoms with Crippen LogP contribution in [-0.4, -0.2) is 48.9 Å². The van der Waals surface area contributed by atoms with E-state index < -0.39 is 12.4 Å². The minimum atomic E-state index is -0.555. The van der Waals surface area contributed by atoms with E-state index in [4.69, 9.17) is 14.2 Å². The molecular formula is C34H40N2O5. The summed E-state index contributed by atoms with van der Waals surface area (Å²) in [6.45, 7) is 11.6. The van der Waals surface area contributed by atoms with E-state index in [-0.39, 0.29) is 31.3 Å². The number of aliphatic hydroxyl groups excluding tert-OH is 1. The Morgan fingerprint density at radius 3 is 2.41 bits per heavy atom. The Kier molecular flexibility index (Phi) is 10.9. The van der Waals surface area contributed by atoms with Gasteiger partial charge in [-0.3, -0.25) is 0 Å². The maximum absolute atomic E-state index is 11.8. The van der Waals surface area contributed by atoms with Gasteiger partial charge >= 0.3 is 6.09 Å². The number of nitrogens with zero attached hydrogens (tertiary/aromatic N) is 1. The summed E-state index contributed by atoms with van der Waals surface area (Å²) in [6, 6.07) is 24.2. The molecule has 1 amide bonds. The van der Waals surface area contributed by atoms with Crippen LogP contribution in [0.2, 0.25) is 0 Å². The van der Waals surface area contributed by atoms with Crippen molar-refractivity contribution in [1.29, 1.82) is 0 Å². The number of ether oxygens (including phenoxy) is 3. The van der Waals surface area contributed by atoms with Crippen LogP contribution in [0.3, 0.4) is 0 Å². The molecule has 0 radical (unpaired) electrons. The van der Waals surface area contributed by atoms with Gasteiger partial charge in [0.1, 0.15) is 6.61 Å². The predicted octanol–water partition coefficient (Wildman–Crippen LogP) is 6.17. The molecule has 1 aliphatic heterocycles. The summed E-state index contributed by atoms with van der Waals surface area (Å²) in [5.41, 5.74) is 5.86. The second kappa shape index (κ2) is 14.8. The van der Waals surface area contributed by atoms with Crippen LogP contribution in [0.5, 0.6) is 0 Å². The van der Waals surface area contributed by atoms with E-state index >= 15 is 0 Å². The fourth-order valence-electron chi connectivity index (χ4n) is 5.02. The molecule has 0 aliphatic carbocycles. The van der Waals surface area contributed by atoms with Crippen molar-refractivity contribution in [3.63, 3.8) is 0 Å². The molecule has 0 saturated carbocycles. The van der Waals surface area contributed by atoms with E-state index in [1.165, 1.54) is 6.08 Å². The van der Waals surface area contributed by atoms with Crippen LogP contribution in [-0.2, 0) is 27.4 Å². The minimum absolute atomic E-state index is 0.00547. The highest BCUT2D eigenvalue weighted by Gasteiger charge is 2.38. The predicted molar refractivity (Wildman–Crippen MR) is 161 cm³/mol. The highest BCUT2D eigenvalue weighted by molar-refractivity contribution is 5.68. The fraction of sp³-hybridized carbons (Fsp3) is 0.324. The number of amides is 1. The fourth-order valence-corrected chi connectivity index (χ4v) is 5.02.